The molecule has 5 aromatic rings. The van der Waals surface area contributed by atoms with Crippen molar-refractivity contribution in [1.29, 1.82) is 0 Å². The molecule has 13 heteroatoms. The summed E-state index contributed by atoms with van der Waals surface area (Å²) < 4.78 is 34.6. The van der Waals surface area contributed by atoms with E-state index >= 15 is 4.39 Å². The molecule has 0 N–H and O–H groups in total. The number of hydrogen-bond donors (Lipinski definition) is 0. The smallest absolute Gasteiger partial charge is 0.340 e. The molecule has 250 valence electrons. The molecule has 5 heterocycles. The summed E-state index contributed by atoms with van der Waals surface area (Å²) >= 11 is 13.5. The van der Waals surface area contributed by atoms with Gasteiger partial charge in [0.05, 0.1) is 83.7 Å². The SMILES string of the molecule is COC(=O)c1cc(F)c(-c2cccc3c2OCN(C(=O)c2c(Cl)cc(-c4cncc5c4cnn5C)cc2Cl)C3)cc1N1C2CCC1COC2. The number of aromatic nitrogens is 3. The highest BCUT2D eigenvalue weighted by molar-refractivity contribution is 6.40. The Bertz CT molecular complexity index is 2130. The largest absolute Gasteiger partial charge is 0.472 e. The summed E-state index contributed by atoms with van der Waals surface area (Å²) in [6, 6.07) is 11.9. The number of fused-ring (bicyclic) bond motifs is 4. The number of methoxy groups -OCH3 is 1. The second-order valence-corrected chi connectivity index (χ2v) is 13.3. The molecule has 2 saturated heterocycles. The first-order chi connectivity index (χ1) is 23.7. The van der Waals surface area contributed by atoms with Crippen molar-refractivity contribution in [3.63, 3.8) is 0 Å². The first-order valence-corrected chi connectivity index (χ1v) is 16.6. The van der Waals surface area contributed by atoms with Crippen LogP contribution in [-0.2, 0) is 23.1 Å². The van der Waals surface area contributed by atoms with E-state index in [0.29, 0.717) is 41.3 Å². The molecule has 2 atom stereocenters. The minimum atomic E-state index is -0.608. The maximum atomic E-state index is 15.9. The molecular weight excluding hydrogens is 672 g/mol. The van der Waals surface area contributed by atoms with Crippen LogP contribution in [0, 0.1) is 5.82 Å². The molecule has 10 nitrogen and oxygen atoms in total. The fourth-order valence-electron chi connectivity index (χ4n) is 7.27. The number of ether oxygens (including phenoxy) is 3. The molecule has 0 aliphatic carbocycles. The van der Waals surface area contributed by atoms with E-state index in [-0.39, 0.29) is 52.1 Å². The van der Waals surface area contributed by atoms with Crippen LogP contribution in [0.3, 0.4) is 0 Å². The maximum Gasteiger partial charge on any atom is 0.340 e. The molecule has 0 saturated carbocycles. The second kappa shape index (κ2) is 12.3. The molecule has 2 bridgehead atoms. The summed E-state index contributed by atoms with van der Waals surface area (Å²) in [6.07, 6.45) is 7.02. The molecule has 0 radical (unpaired) electrons. The van der Waals surface area contributed by atoms with Gasteiger partial charge in [0.1, 0.15) is 11.6 Å². The summed E-state index contributed by atoms with van der Waals surface area (Å²) in [5.74, 6) is -1.15. The van der Waals surface area contributed by atoms with Crippen molar-refractivity contribution in [2.75, 3.05) is 32.0 Å². The topological polar surface area (TPSA) is 99.0 Å². The average Bonchev–Trinajstić information content (AvgIpc) is 3.60. The third-order valence-electron chi connectivity index (χ3n) is 9.65. The molecule has 3 aromatic carbocycles. The van der Waals surface area contributed by atoms with E-state index < -0.39 is 17.7 Å². The monoisotopic (exact) mass is 701 g/mol. The minimum Gasteiger partial charge on any atom is -0.472 e. The number of benzene rings is 3. The van der Waals surface area contributed by atoms with E-state index in [1.165, 1.54) is 18.1 Å². The number of para-hydroxylation sites is 1. The Morgan fingerprint density at radius 2 is 1.73 bits per heavy atom. The van der Waals surface area contributed by atoms with Gasteiger partial charge >= 0.3 is 5.97 Å². The number of hydrogen-bond acceptors (Lipinski definition) is 8. The van der Waals surface area contributed by atoms with E-state index in [9.17, 15) is 9.59 Å². The van der Waals surface area contributed by atoms with Crippen molar-refractivity contribution < 1.29 is 28.2 Å². The van der Waals surface area contributed by atoms with Crippen LogP contribution >= 0.6 is 23.2 Å². The van der Waals surface area contributed by atoms with Crippen LogP contribution in [0.4, 0.5) is 10.1 Å². The third kappa shape index (κ3) is 5.27. The van der Waals surface area contributed by atoms with Crippen LogP contribution in [-0.4, -0.2) is 70.7 Å². The number of amides is 1. The van der Waals surface area contributed by atoms with Crippen molar-refractivity contribution in [1.82, 2.24) is 19.7 Å². The summed E-state index contributed by atoms with van der Waals surface area (Å²) in [6.45, 7) is 1.13. The van der Waals surface area contributed by atoms with E-state index in [1.54, 1.807) is 53.6 Å². The zero-order valence-corrected chi connectivity index (χ0v) is 28.1. The number of rotatable bonds is 5. The average molecular weight is 703 g/mol. The number of carbonyl (C=O) groups is 2. The fraction of sp³-hybridized carbons (Fsp3) is 0.278. The molecule has 0 spiro atoms. The highest BCUT2D eigenvalue weighted by Gasteiger charge is 2.40. The predicted octanol–water partition coefficient (Wildman–Crippen LogP) is 6.89. The first-order valence-electron chi connectivity index (χ1n) is 15.8. The lowest BCUT2D eigenvalue weighted by molar-refractivity contribution is 0.0515. The Kier molecular flexibility index (Phi) is 7.93. The summed E-state index contributed by atoms with van der Waals surface area (Å²) in [4.78, 5) is 34.7. The zero-order valence-electron chi connectivity index (χ0n) is 26.6. The molecule has 2 unspecified atom stereocenters. The molecule has 1 amide bonds. The number of esters is 1. The van der Waals surface area contributed by atoms with Gasteiger partial charge in [-0.3, -0.25) is 14.5 Å². The van der Waals surface area contributed by atoms with Crippen molar-refractivity contribution in [3.05, 3.63) is 93.6 Å². The quantitative estimate of drug-likeness (QED) is 0.183. The Hall–Kier alpha value is -4.71. The van der Waals surface area contributed by atoms with Crippen molar-refractivity contribution in [2.45, 2.75) is 31.5 Å². The van der Waals surface area contributed by atoms with Gasteiger partial charge in [0.15, 0.2) is 6.73 Å². The van der Waals surface area contributed by atoms with E-state index in [2.05, 4.69) is 15.0 Å². The van der Waals surface area contributed by atoms with Crippen LogP contribution in [0.2, 0.25) is 10.0 Å². The zero-order chi connectivity index (χ0) is 34.0. The van der Waals surface area contributed by atoms with Gasteiger partial charge in [-0.05, 0) is 42.7 Å². The predicted molar refractivity (Wildman–Crippen MR) is 183 cm³/mol. The Morgan fingerprint density at radius 1 is 0.980 bits per heavy atom. The number of pyridine rings is 1. The summed E-state index contributed by atoms with van der Waals surface area (Å²) in [7, 11) is 3.12. The molecular formula is C36H30Cl2FN5O5. The van der Waals surface area contributed by atoms with Crippen LogP contribution in [0.1, 0.15) is 39.1 Å². The van der Waals surface area contributed by atoms with Gasteiger partial charge in [0.2, 0.25) is 0 Å². The van der Waals surface area contributed by atoms with Crippen LogP contribution in [0.25, 0.3) is 33.2 Å². The molecule has 2 aromatic heterocycles. The van der Waals surface area contributed by atoms with Crippen molar-refractivity contribution in [3.8, 4) is 28.0 Å². The summed E-state index contributed by atoms with van der Waals surface area (Å²) in [5.41, 5.74) is 4.72. The minimum absolute atomic E-state index is 0.0782. The normalized spacial score (nSPS) is 18.4. The number of morpholine rings is 1. The highest BCUT2D eigenvalue weighted by atomic mass is 35.5. The molecule has 2 fully saturated rings. The van der Waals surface area contributed by atoms with Gasteiger partial charge in [-0.25, -0.2) is 9.18 Å². The Balaban J connectivity index is 1.11. The van der Waals surface area contributed by atoms with Crippen molar-refractivity contribution in [2.24, 2.45) is 7.05 Å². The van der Waals surface area contributed by atoms with Crippen LogP contribution in [0.5, 0.6) is 5.75 Å². The number of aryl methyl sites for hydroxylation is 1. The fourth-order valence-corrected chi connectivity index (χ4v) is 7.92. The van der Waals surface area contributed by atoms with Gasteiger partial charge in [0, 0.05) is 40.9 Å². The van der Waals surface area contributed by atoms with E-state index in [4.69, 9.17) is 37.4 Å². The molecule has 3 aliphatic rings. The lowest BCUT2D eigenvalue weighted by Gasteiger charge is -2.37. The first kappa shape index (κ1) is 31.6. The number of halogens is 3. The lowest BCUT2D eigenvalue weighted by atomic mass is 9.96. The third-order valence-corrected chi connectivity index (χ3v) is 10.2. The molecule has 8 rings (SSSR count). The van der Waals surface area contributed by atoms with Gasteiger partial charge in [-0.2, -0.15) is 5.10 Å². The highest BCUT2D eigenvalue weighted by Crippen LogP contribution is 2.44. The Labute approximate surface area is 290 Å². The molecule has 3 aliphatic heterocycles. The van der Waals surface area contributed by atoms with E-state index in [0.717, 1.165) is 29.3 Å². The number of nitrogens with zero attached hydrogens (tertiary/aromatic N) is 5. The van der Waals surface area contributed by atoms with Gasteiger partial charge < -0.3 is 24.0 Å². The van der Waals surface area contributed by atoms with Gasteiger partial charge in [-0.15, -0.1) is 0 Å². The molecule has 49 heavy (non-hydrogen) atoms. The number of anilines is 1. The lowest BCUT2D eigenvalue weighted by Crippen LogP contribution is -2.46. The number of carbonyl (C=O) groups excluding carboxylic acids is 2. The van der Waals surface area contributed by atoms with Gasteiger partial charge in [0.25, 0.3) is 5.91 Å². The van der Waals surface area contributed by atoms with Gasteiger partial charge in [-0.1, -0.05) is 41.4 Å². The van der Waals surface area contributed by atoms with Crippen LogP contribution < -0.4 is 9.64 Å². The second-order valence-electron chi connectivity index (χ2n) is 12.4. The Morgan fingerprint density at radius 3 is 2.47 bits per heavy atom. The standard InChI is InChI=1S/C36H30Cl2FN5O5/c1-42-32-14-40-12-26(27(32)13-41-42)20-8-28(37)33(29(38)9-20)35(45)43-15-19-4-3-5-23(34(19)49-18-43)24-11-31(25(10-30(24)39)36(46)47-2)44-21-6-7-22(44)17-48-16-21/h3-5,8-14,21-22H,6-7,15-18H2,1-2H3. The summed E-state index contributed by atoms with van der Waals surface area (Å²) in [5, 5.41) is 5.57. The van der Waals surface area contributed by atoms with E-state index in [1.807, 2.05) is 13.1 Å². The van der Waals surface area contributed by atoms with Crippen LogP contribution in [0.15, 0.2) is 61.1 Å². The van der Waals surface area contributed by atoms with Crippen molar-refractivity contribution >= 4 is 51.7 Å². The maximum absolute atomic E-state index is 15.9.